The van der Waals surface area contributed by atoms with Gasteiger partial charge in [0.25, 0.3) is 11.8 Å². The van der Waals surface area contributed by atoms with Crippen molar-refractivity contribution in [3.8, 4) is 0 Å². The molecule has 0 aliphatic carbocycles. The van der Waals surface area contributed by atoms with Crippen LogP contribution in [0.5, 0.6) is 0 Å². The van der Waals surface area contributed by atoms with Crippen LogP contribution in [0.4, 0.5) is 5.69 Å². The maximum atomic E-state index is 12.3. The predicted molar refractivity (Wildman–Crippen MR) is 91.0 cm³/mol. The lowest BCUT2D eigenvalue weighted by Crippen LogP contribution is -2.30. The van der Waals surface area contributed by atoms with Gasteiger partial charge >= 0.3 is 0 Å². The van der Waals surface area contributed by atoms with Crippen molar-refractivity contribution in [3.63, 3.8) is 0 Å². The fourth-order valence-electron chi connectivity index (χ4n) is 1.91. The molecule has 0 saturated carbocycles. The van der Waals surface area contributed by atoms with Crippen LogP contribution in [0.1, 0.15) is 40.3 Å². The first-order chi connectivity index (χ1) is 10.9. The quantitative estimate of drug-likeness (QED) is 0.901. The Labute approximate surface area is 140 Å². The van der Waals surface area contributed by atoms with E-state index in [1.165, 1.54) is 12.3 Å². The van der Waals surface area contributed by atoms with E-state index in [1.54, 1.807) is 18.2 Å². The van der Waals surface area contributed by atoms with Gasteiger partial charge < -0.3 is 10.6 Å². The topological polar surface area (TPSA) is 71.1 Å². The van der Waals surface area contributed by atoms with E-state index >= 15 is 0 Å². The van der Waals surface area contributed by atoms with Gasteiger partial charge in [-0.3, -0.25) is 14.6 Å². The van der Waals surface area contributed by atoms with Crippen LogP contribution in [-0.4, -0.2) is 22.8 Å². The molecule has 6 heteroatoms. The van der Waals surface area contributed by atoms with Gasteiger partial charge in [0.2, 0.25) is 0 Å². The second-order valence-electron chi connectivity index (χ2n) is 5.48. The van der Waals surface area contributed by atoms with Gasteiger partial charge in [0.15, 0.2) is 0 Å². The lowest BCUT2D eigenvalue weighted by Gasteiger charge is -2.09. The predicted octanol–water partition coefficient (Wildman–Crippen LogP) is 3.43. The molecule has 0 fully saturated rings. The van der Waals surface area contributed by atoms with Crippen LogP contribution in [0.2, 0.25) is 5.02 Å². The molecule has 0 aliphatic rings. The van der Waals surface area contributed by atoms with E-state index in [1.807, 2.05) is 26.8 Å². The number of benzene rings is 1. The highest BCUT2D eigenvalue weighted by molar-refractivity contribution is 6.31. The molecule has 0 spiro atoms. The Morgan fingerprint density at radius 3 is 2.52 bits per heavy atom. The Hall–Kier alpha value is -2.40. The van der Waals surface area contributed by atoms with E-state index in [0.29, 0.717) is 16.3 Å². The number of aryl methyl sites for hydroxylation is 1. The van der Waals surface area contributed by atoms with E-state index < -0.39 is 5.91 Å². The minimum Gasteiger partial charge on any atom is -0.350 e. The van der Waals surface area contributed by atoms with Crippen molar-refractivity contribution in [2.24, 2.45) is 0 Å². The van der Waals surface area contributed by atoms with Crippen molar-refractivity contribution in [3.05, 3.63) is 58.4 Å². The Bertz CT molecular complexity index is 744. The van der Waals surface area contributed by atoms with E-state index in [9.17, 15) is 9.59 Å². The highest BCUT2D eigenvalue weighted by Crippen LogP contribution is 2.20. The zero-order valence-corrected chi connectivity index (χ0v) is 13.9. The number of carbonyl (C=O) groups excluding carboxylic acids is 2. The number of pyridine rings is 1. The molecule has 0 aliphatic heterocycles. The first kappa shape index (κ1) is 17.0. The molecule has 0 atom stereocenters. The summed E-state index contributed by atoms with van der Waals surface area (Å²) in [5.74, 6) is -0.640. The maximum absolute atomic E-state index is 12.3. The lowest BCUT2D eigenvalue weighted by atomic mass is 10.2. The van der Waals surface area contributed by atoms with Crippen molar-refractivity contribution < 1.29 is 9.59 Å². The Morgan fingerprint density at radius 1 is 1.13 bits per heavy atom. The monoisotopic (exact) mass is 331 g/mol. The fourth-order valence-corrected chi connectivity index (χ4v) is 2.09. The number of aromatic nitrogens is 1. The second-order valence-corrected chi connectivity index (χ2v) is 5.88. The number of anilines is 1. The zero-order chi connectivity index (χ0) is 17.0. The number of halogens is 1. The molecular weight excluding hydrogens is 314 g/mol. The molecule has 0 bridgehead atoms. The summed E-state index contributed by atoms with van der Waals surface area (Å²) in [6.45, 7) is 5.62. The molecule has 2 rings (SSSR count). The van der Waals surface area contributed by atoms with E-state index in [0.717, 1.165) is 5.56 Å². The first-order valence-electron chi connectivity index (χ1n) is 7.21. The van der Waals surface area contributed by atoms with E-state index in [-0.39, 0.29) is 17.6 Å². The van der Waals surface area contributed by atoms with Crippen LogP contribution in [0, 0.1) is 6.92 Å². The molecule has 0 saturated heterocycles. The second kappa shape index (κ2) is 7.24. The van der Waals surface area contributed by atoms with Gasteiger partial charge in [0.05, 0.1) is 0 Å². The van der Waals surface area contributed by atoms with Crippen molar-refractivity contribution in [1.29, 1.82) is 0 Å². The van der Waals surface area contributed by atoms with Gasteiger partial charge in [-0.05, 0) is 50.6 Å². The molecule has 1 aromatic carbocycles. The summed E-state index contributed by atoms with van der Waals surface area (Å²) >= 11 is 6.04. The van der Waals surface area contributed by atoms with Gasteiger partial charge in [-0.25, -0.2) is 0 Å². The number of amides is 2. The van der Waals surface area contributed by atoms with Crippen LogP contribution in [0.25, 0.3) is 0 Å². The summed E-state index contributed by atoms with van der Waals surface area (Å²) < 4.78 is 0. The molecule has 2 N–H and O–H groups in total. The SMILES string of the molecule is Cc1ccc(NC(=O)c2cc(C(=O)NC(C)C)ccn2)cc1Cl. The molecule has 120 valence electrons. The van der Waals surface area contributed by atoms with Crippen molar-refractivity contribution in [1.82, 2.24) is 10.3 Å². The smallest absolute Gasteiger partial charge is 0.274 e. The molecule has 1 aromatic heterocycles. The largest absolute Gasteiger partial charge is 0.350 e. The van der Waals surface area contributed by atoms with Crippen molar-refractivity contribution >= 4 is 29.1 Å². The normalized spacial score (nSPS) is 10.5. The van der Waals surface area contributed by atoms with Crippen LogP contribution >= 0.6 is 11.6 Å². The van der Waals surface area contributed by atoms with Gasteiger partial charge in [-0.15, -0.1) is 0 Å². The highest BCUT2D eigenvalue weighted by Gasteiger charge is 2.13. The van der Waals surface area contributed by atoms with Gasteiger partial charge in [0, 0.05) is 28.5 Å². The molecule has 5 nitrogen and oxygen atoms in total. The van der Waals surface area contributed by atoms with Crippen molar-refractivity contribution in [2.45, 2.75) is 26.8 Å². The standard InChI is InChI=1S/C17H18ClN3O2/c1-10(2)20-16(22)12-6-7-19-15(8-12)17(23)21-13-5-4-11(3)14(18)9-13/h4-10H,1-3H3,(H,20,22)(H,21,23). The van der Waals surface area contributed by atoms with Gasteiger partial charge in [-0.2, -0.15) is 0 Å². The number of carbonyl (C=O) groups is 2. The summed E-state index contributed by atoms with van der Waals surface area (Å²) in [7, 11) is 0. The number of rotatable bonds is 4. The number of nitrogens with zero attached hydrogens (tertiary/aromatic N) is 1. The third kappa shape index (κ3) is 4.53. The molecule has 0 radical (unpaired) electrons. The van der Waals surface area contributed by atoms with Gasteiger partial charge in [0.1, 0.15) is 5.69 Å². The number of hydrogen-bond donors (Lipinski definition) is 2. The zero-order valence-electron chi connectivity index (χ0n) is 13.2. The van der Waals surface area contributed by atoms with E-state index in [2.05, 4.69) is 15.6 Å². The lowest BCUT2D eigenvalue weighted by molar-refractivity contribution is 0.0943. The average Bonchev–Trinajstić information content (AvgIpc) is 2.50. The minimum absolute atomic E-state index is 0.0163. The van der Waals surface area contributed by atoms with Crippen LogP contribution in [0.3, 0.4) is 0 Å². The molecule has 1 heterocycles. The highest BCUT2D eigenvalue weighted by atomic mass is 35.5. The molecular formula is C17H18ClN3O2. The third-order valence-electron chi connectivity index (χ3n) is 3.10. The first-order valence-corrected chi connectivity index (χ1v) is 7.59. The van der Waals surface area contributed by atoms with Gasteiger partial charge in [-0.1, -0.05) is 17.7 Å². The van der Waals surface area contributed by atoms with Crippen LogP contribution in [-0.2, 0) is 0 Å². The van der Waals surface area contributed by atoms with Crippen molar-refractivity contribution in [2.75, 3.05) is 5.32 Å². The average molecular weight is 332 g/mol. The number of nitrogens with one attached hydrogen (secondary N) is 2. The minimum atomic E-state index is -0.399. The summed E-state index contributed by atoms with van der Waals surface area (Å²) in [6, 6.07) is 8.29. The molecule has 2 aromatic rings. The summed E-state index contributed by atoms with van der Waals surface area (Å²) in [4.78, 5) is 28.3. The fraction of sp³-hybridized carbons (Fsp3) is 0.235. The molecule has 23 heavy (non-hydrogen) atoms. The third-order valence-corrected chi connectivity index (χ3v) is 3.51. The molecule has 0 unspecified atom stereocenters. The molecule has 2 amide bonds. The Balaban J connectivity index is 2.16. The van der Waals surface area contributed by atoms with E-state index in [4.69, 9.17) is 11.6 Å². The summed E-state index contributed by atoms with van der Waals surface area (Å²) in [5, 5.41) is 6.06. The Morgan fingerprint density at radius 2 is 1.87 bits per heavy atom. The van der Waals surface area contributed by atoms with Crippen LogP contribution < -0.4 is 10.6 Å². The summed E-state index contributed by atoms with van der Waals surface area (Å²) in [5.41, 5.74) is 2.05. The summed E-state index contributed by atoms with van der Waals surface area (Å²) in [6.07, 6.45) is 1.44. The van der Waals surface area contributed by atoms with Crippen LogP contribution in [0.15, 0.2) is 36.5 Å². The Kier molecular flexibility index (Phi) is 5.34. The number of hydrogen-bond acceptors (Lipinski definition) is 3. The maximum Gasteiger partial charge on any atom is 0.274 e.